The Labute approximate surface area is 191 Å². The molecule has 0 radical (unpaired) electrons. The first-order chi connectivity index (χ1) is 15.5. The Morgan fingerprint density at radius 2 is 1.56 bits per heavy atom. The summed E-state index contributed by atoms with van der Waals surface area (Å²) >= 11 is 0. The second-order valence-corrected chi connectivity index (χ2v) is 8.63. The number of hydrogen-bond donors (Lipinski definition) is 0. The normalized spacial score (nSPS) is 20.4. The average molecular weight is 448 g/mol. The van der Waals surface area contributed by atoms with Gasteiger partial charge >= 0.3 is 5.97 Å². The third-order valence-corrected chi connectivity index (χ3v) is 6.78. The molecule has 1 aromatic carbocycles. The van der Waals surface area contributed by atoms with Crippen molar-refractivity contribution in [1.29, 1.82) is 0 Å². The van der Waals surface area contributed by atoms with Crippen molar-refractivity contribution < 1.29 is 28.5 Å². The lowest BCUT2D eigenvalue weighted by molar-refractivity contribution is -0.157. The fraction of sp³-hybridized carbons (Fsp3) is 0.680. The largest absolute Gasteiger partial charge is 0.493 e. The predicted molar refractivity (Wildman–Crippen MR) is 121 cm³/mol. The van der Waals surface area contributed by atoms with E-state index in [9.17, 15) is 9.59 Å². The molecule has 0 aromatic heterocycles. The van der Waals surface area contributed by atoms with Crippen LogP contribution in [0.15, 0.2) is 12.1 Å². The van der Waals surface area contributed by atoms with Crippen molar-refractivity contribution in [1.82, 2.24) is 4.90 Å². The van der Waals surface area contributed by atoms with Crippen molar-refractivity contribution in [2.75, 3.05) is 34.5 Å². The van der Waals surface area contributed by atoms with Crippen LogP contribution in [0.5, 0.6) is 17.2 Å². The average Bonchev–Trinajstić information content (AvgIpc) is 2.84. The molecule has 2 aliphatic rings. The van der Waals surface area contributed by atoms with Crippen LogP contribution in [-0.2, 0) is 14.3 Å². The van der Waals surface area contributed by atoms with E-state index < -0.39 is 6.04 Å². The summed E-state index contributed by atoms with van der Waals surface area (Å²) in [6.07, 6.45) is 7.87. The third kappa shape index (κ3) is 5.13. The van der Waals surface area contributed by atoms with Gasteiger partial charge in [-0.05, 0) is 62.6 Å². The lowest BCUT2D eigenvalue weighted by atomic mass is 9.75. The molecule has 7 heteroatoms. The van der Waals surface area contributed by atoms with Crippen molar-refractivity contribution >= 4 is 11.9 Å². The third-order valence-electron chi connectivity index (χ3n) is 6.78. The molecule has 32 heavy (non-hydrogen) atoms. The summed E-state index contributed by atoms with van der Waals surface area (Å²) < 4.78 is 21.9. The minimum Gasteiger partial charge on any atom is -0.493 e. The van der Waals surface area contributed by atoms with Crippen LogP contribution in [0, 0.1) is 5.92 Å². The van der Waals surface area contributed by atoms with E-state index in [1.165, 1.54) is 6.42 Å². The number of amides is 1. The van der Waals surface area contributed by atoms with Crippen LogP contribution in [0.2, 0.25) is 0 Å². The molecular weight excluding hydrogens is 410 g/mol. The summed E-state index contributed by atoms with van der Waals surface area (Å²) in [5, 5.41) is 0. The Bertz CT molecular complexity index is 764. The lowest BCUT2D eigenvalue weighted by Gasteiger charge is -2.39. The van der Waals surface area contributed by atoms with E-state index in [-0.39, 0.29) is 23.7 Å². The zero-order chi connectivity index (χ0) is 23.1. The summed E-state index contributed by atoms with van der Waals surface area (Å²) in [5.74, 6) is 1.14. The monoisotopic (exact) mass is 447 g/mol. The van der Waals surface area contributed by atoms with Gasteiger partial charge in [-0.25, -0.2) is 4.79 Å². The maximum atomic E-state index is 14.1. The lowest BCUT2D eigenvalue weighted by Crippen LogP contribution is -2.51. The number of ether oxygens (including phenoxy) is 4. The van der Waals surface area contributed by atoms with E-state index >= 15 is 0 Å². The van der Waals surface area contributed by atoms with Gasteiger partial charge in [0.05, 0.1) is 33.9 Å². The van der Waals surface area contributed by atoms with Crippen LogP contribution >= 0.6 is 0 Å². The molecule has 0 spiro atoms. The number of hydrogen-bond acceptors (Lipinski definition) is 6. The van der Waals surface area contributed by atoms with Crippen molar-refractivity contribution in [2.24, 2.45) is 5.92 Å². The van der Waals surface area contributed by atoms with Crippen molar-refractivity contribution in [3.8, 4) is 17.2 Å². The molecule has 2 fully saturated rings. The van der Waals surface area contributed by atoms with Gasteiger partial charge in [-0.15, -0.1) is 0 Å². The Morgan fingerprint density at radius 3 is 2.12 bits per heavy atom. The van der Waals surface area contributed by atoms with Gasteiger partial charge in [0.15, 0.2) is 11.5 Å². The quantitative estimate of drug-likeness (QED) is 0.553. The first-order valence-electron chi connectivity index (χ1n) is 11.8. The van der Waals surface area contributed by atoms with Crippen LogP contribution in [0.1, 0.15) is 69.8 Å². The molecule has 1 aliphatic carbocycles. The van der Waals surface area contributed by atoms with Crippen molar-refractivity contribution in [3.05, 3.63) is 17.7 Å². The molecule has 2 atom stereocenters. The predicted octanol–water partition coefficient (Wildman–Crippen LogP) is 4.32. The molecule has 1 aromatic rings. The van der Waals surface area contributed by atoms with Crippen LogP contribution < -0.4 is 14.2 Å². The summed E-state index contributed by atoms with van der Waals surface area (Å²) in [7, 11) is 4.74. The Morgan fingerprint density at radius 1 is 0.938 bits per heavy atom. The zero-order valence-electron chi connectivity index (χ0n) is 19.9. The van der Waals surface area contributed by atoms with E-state index in [2.05, 4.69) is 0 Å². The van der Waals surface area contributed by atoms with Crippen molar-refractivity contribution in [2.45, 2.75) is 70.3 Å². The molecule has 0 bridgehead atoms. The van der Waals surface area contributed by atoms with E-state index in [0.29, 0.717) is 36.8 Å². The first-order valence-corrected chi connectivity index (χ1v) is 11.8. The van der Waals surface area contributed by atoms with Gasteiger partial charge in [0.1, 0.15) is 6.04 Å². The second-order valence-electron chi connectivity index (χ2n) is 8.63. The van der Waals surface area contributed by atoms with Gasteiger partial charge < -0.3 is 23.8 Å². The molecule has 3 rings (SSSR count). The minimum absolute atomic E-state index is 0.00364. The van der Waals surface area contributed by atoms with E-state index in [4.69, 9.17) is 18.9 Å². The fourth-order valence-corrected chi connectivity index (χ4v) is 5.22. The minimum atomic E-state index is -0.510. The van der Waals surface area contributed by atoms with Crippen LogP contribution in [0.3, 0.4) is 0 Å². The van der Waals surface area contributed by atoms with Gasteiger partial charge in [0, 0.05) is 6.54 Å². The highest BCUT2D eigenvalue weighted by Gasteiger charge is 2.40. The topological polar surface area (TPSA) is 74.3 Å². The van der Waals surface area contributed by atoms with E-state index in [1.807, 2.05) is 12.1 Å². The number of benzene rings is 1. The maximum Gasteiger partial charge on any atom is 0.328 e. The Kier molecular flexibility index (Phi) is 8.65. The van der Waals surface area contributed by atoms with E-state index in [0.717, 1.165) is 44.1 Å². The SMILES string of the molecule is CCOC(=O)[C@@H]1CCCCN1C(=O)[C@H](c1cc(OC)c(OC)c(OC)c1)C1CCCCC1. The number of nitrogens with zero attached hydrogens (tertiary/aromatic N) is 1. The van der Waals surface area contributed by atoms with Gasteiger partial charge in [0.25, 0.3) is 0 Å². The second kappa shape index (κ2) is 11.4. The number of esters is 1. The summed E-state index contributed by atoms with van der Waals surface area (Å²) in [6.45, 7) is 2.69. The standard InChI is InChI=1S/C25H37NO6/c1-5-32-25(28)19-13-9-10-14-26(19)24(27)22(17-11-7-6-8-12-17)18-15-20(29-2)23(31-4)21(16-18)30-3/h15-17,19,22H,5-14H2,1-4H3/t19-,22-/m0/s1. The van der Waals surface area contributed by atoms with Gasteiger partial charge in [-0.3, -0.25) is 4.79 Å². The van der Waals surface area contributed by atoms with Gasteiger partial charge in [0.2, 0.25) is 11.7 Å². The smallest absolute Gasteiger partial charge is 0.328 e. The first kappa shape index (κ1) is 24.2. The number of methoxy groups -OCH3 is 3. The number of carbonyl (C=O) groups is 2. The summed E-state index contributed by atoms with van der Waals surface area (Å²) in [4.78, 5) is 28.5. The molecule has 1 heterocycles. The Hall–Kier alpha value is -2.44. The molecule has 178 valence electrons. The van der Waals surface area contributed by atoms with Gasteiger partial charge in [-0.1, -0.05) is 19.3 Å². The van der Waals surface area contributed by atoms with Gasteiger partial charge in [-0.2, -0.15) is 0 Å². The van der Waals surface area contributed by atoms with E-state index in [1.54, 1.807) is 33.2 Å². The number of carbonyl (C=O) groups excluding carboxylic acids is 2. The molecule has 1 saturated heterocycles. The molecule has 0 N–H and O–H groups in total. The highest BCUT2D eigenvalue weighted by molar-refractivity contribution is 5.89. The molecular formula is C25H37NO6. The number of likely N-dealkylation sites (tertiary alicyclic amines) is 1. The van der Waals surface area contributed by atoms with Crippen molar-refractivity contribution in [3.63, 3.8) is 0 Å². The van der Waals surface area contributed by atoms with Crippen LogP contribution in [-0.4, -0.2) is 57.3 Å². The highest BCUT2D eigenvalue weighted by Crippen LogP contribution is 2.45. The number of piperidine rings is 1. The Balaban J connectivity index is 2.03. The van der Waals surface area contributed by atoms with Crippen LogP contribution in [0.25, 0.3) is 0 Å². The molecule has 1 amide bonds. The number of rotatable bonds is 8. The molecule has 1 aliphatic heterocycles. The maximum absolute atomic E-state index is 14.1. The highest BCUT2D eigenvalue weighted by atomic mass is 16.5. The van der Waals surface area contributed by atoms with Crippen LogP contribution in [0.4, 0.5) is 0 Å². The molecule has 1 saturated carbocycles. The fourth-order valence-electron chi connectivity index (χ4n) is 5.22. The zero-order valence-corrected chi connectivity index (χ0v) is 19.9. The molecule has 0 unspecified atom stereocenters. The summed E-state index contributed by atoms with van der Waals surface area (Å²) in [6, 6.07) is 3.27. The molecule has 7 nitrogen and oxygen atoms in total. The summed E-state index contributed by atoms with van der Waals surface area (Å²) in [5.41, 5.74) is 0.851.